The van der Waals surface area contributed by atoms with Crippen molar-refractivity contribution in [2.45, 2.75) is 12.8 Å². The van der Waals surface area contributed by atoms with Gasteiger partial charge in [0.15, 0.2) is 0 Å². The van der Waals surface area contributed by atoms with Gasteiger partial charge in [0.2, 0.25) is 0 Å². The van der Waals surface area contributed by atoms with Crippen LogP contribution in [0.1, 0.15) is 23.2 Å². The number of nitrogens with one attached hydrogen (secondary N) is 1. The summed E-state index contributed by atoms with van der Waals surface area (Å²) in [4.78, 5) is 15.7. The van der Waals surface area contributed by atoms with Crippen LogP contribution in [0.5, 0.6) is 0 Å². The topological polar surface area (TPSA) is 51.2 Å². The number of ether oxygens (including phenoxy) is 1. The molecule has 2 aromatic rings. The first-order valence-corrected chi connectivity index (χ1v) is 7.63. The predicted molar refractivity (Wildman–Crippen MR) is 87.2 cm³/mol. The molecule has 1 heterocycles. The largest absolute Gasteiger partial charge is 0.465 e. The summed E-state index contributed by atoms with van der Waals surface area (Å²) >= 11 is 6.32. The lowest BCUT2D eigenvalue weighted by Crippen LogP contribution is -2.03. The van der Waals surface area contributed by atoms with E-state index < -0.39 is 5.97 Å². The van der Waals surface area contributed by atoms with Crippen LogP contribution in [-0.4, -0.2) is 24.6 Å². The van der Waals surface area contributed by atoms with Gasteiger partial charge >= 0.3 is 5.97 Å². The van der Waals surface area contributed by atoms with Gasteiger partial charge in [-0.2, -0.15) is 0 Å². The second-order valence-corrected chi connectivity index (χ2v) is 5.85. The summed E-state index contributed by atoms with van der Waals surface area (Å²) < 4.78 is 4.66. The van der Waals surface area contributed by atoms with Gasteiger partial charge in [0.1, 0.15) is 0 Å². The highest BCUT2D eigenvalue weighted by atomic mass is 35.5. The number of aromatic nitrogens is 1. The van der Waals surface area contributed by atoms with Gasteiger partial charge in [0.05, 0.1) is 29.1 Å². The van der Waals surface area contributed by atoms with E-state index in [0.29, 0.717) is 10.6 Å². The third-order valence-electron chi connectivity index (χ3n) is 3.73. The normalized spacial score (nSPS) is 13.7. The summed E-state index contributed by atoms with van der Waals surface area (Å²) in [5.74, 6) is 0.403. The minimum Gasteiger partial charge on any atom is -0.465 e. The van der Waals surface area contributed by atoms with Crippen LogP contribution in [0.3, 0.4) is 0 Å². The molecule has 0 aliphatic heterocycles. The molecule has 0 radical (unpaired) electrons. The first-order valence-electron chi connectivity index (χ1n) is 7.25. The quantitative estimate of drug-likeness (QED) is 0.847. The number of anilines is 1. The minimum absolute atomic E-state index is 0.392. The number of carbonyl (C=O) groups excluding carboxylic acids is 1. The SMILES string of the molecule is COC(=O)c1ccc(-c2ccc(NCC3CC3)c(Cl)c2)nc1. The number of esters is 1. The van der Waals surface area contributed by atoms with Gasteiger partial charge in [-0.1, -0.05) is 17.7 Å². The summed E-state index contributed by atoms with van der Waals surface area (Å²) in [5, 5.41) is 4.05. The third kappa shape index (κ3) is 3.39. The molecule has 0 spiro atoms. The van der Waals surface area contributed by atoms with E-state index >= 15 is 0 Å². The van der Waals surface area contributed by atoms with E-state index in [9.17, 15) is 4.79 Å². The molecule has 1 aliphatic rings. The van der Waals surface area contributed by atoms with Crippen LogP contribution < -0.4 is 5.32 Å². The van der Waals surface area contributed by atoms with Crippen LogP contribution in [0.4, 0.5) is 5.69 Å². The van der Waals surface area contributed by atoms with Gasteiger partial charge in [0, 0.05) is 18.3 Å². The van der Waals surface area contributed by atoms with Crippen molar-refractivity contribution in [3.05, 3.63) is 47.1 Å². The Bertz CT molecular complexity index is 682. The molecular weight excluding hydrogens is 300 g/mol. The molecule has 1 N–H and O–H groups in total. The van der Waals surface area contributed by atoms with Crippen molar-refractivity contribution in [2.24, 2.45) is 5.92 Å². The fourth-order valence-corrected chi connectivity index (χ4v) is 2.44. The van der Waals surface area contributed by atoms with Gasteiger partial charge < -0.3 is 10.1 Å². The Balaban J connectivity index is 1.76. The lowest BCUT2D eigenvalue weighted by molar-refractivity contribution is 0.0600. The number of carbonyl (C=O) groups is 1. The number of pyridine rings is 1. The van der Waals surface area contributed by atoms with Crippen LogP contribution in [0.15, 0.2) is 36.5 Å². The molecule has 1 aromatic carbocycles. The van der Waals surface area contributed by atoms with E-state index in [1.807, 2.05) is 18.2 Å². The molecule has 114 valence electrons. The van der Waals surface area contributed by atoms with Crippen LogP contribution >= 0.6 is 11.6 Å². The van der Waals surface area contributed by atoms with Crippen molar-refractivity contribution >= 4 is 23.3 Å². The maximum atomic E-state index is 11.4. The Morgan fingerprint density at radius 2 is 2.18 bits per heavy atom. The zero-order chi connectivity index (χ0) is 15.5. The Morgan fingerprint density at radius 3 is 2.77 bits per heavy atom. The van der Waals surface area contributed by atoms with E-state index in [1.54, 1.807) is 12.1 Å². The molecule has 0 saturated heterocycles. The summed E-state index contributed by atoms with van der Waals surface area (Å²) in [6.45, 7) is 0.977. The molecule has 0 bridgehead atoms. The fraction of sp³-hybridized carbons (Fsp3) is 0.294. The van der Waals surface area contributed by atoms with Crippen molar-refractivity contribution in [1.82, 2.24) is 4.98 Å². The predicted octanol–water partition coefficient (Wildman–Crippen LogP) is 4.01. The molecule has 22 heavy (non-hydrogen) atoms. The molecule has 1 aliphatic carbocycles. The zero-order valence-corrected chi connectivity index (χ0v) is 13.1. The Hall–Kier alpha value is -2.07. The van der Waals surface area contributed by atoms with E-state index in [1.165, 1.54) is 26.1 Å². The maximum absolute atomic E-state index is 11.4. The summed E-state index contributed by atoms with van der Waals surface area (Å²) in [5.41, 5.74) is 3.06. The summed E-state index contributed by atoms with van der Waals surface area (Å²) in [6, 6.07) is 9.31. The third-order valence-corrected chi connectivity index (χ3v) is 4.04. The standard InChI is InChI=1S/C17H17ClN2O2/c1-22-17(21)13-5-6-15(20-10-13)12-4-7-16(14(18)8-12)19-9-11-2-3-11/h4-8,10-11,19H,2-3,9H2,1H3. The number of methoxy groups -OCH3 is 1. The van der Waals surface area contributed by atoms with E-state index in [-0.39, 0.29) is 0 Å². The first-order chi connectivity index (χ1) is 10.7. The van der Waals surface area contributed by atoms with E-state index in [0.717, 1.165) is 29.4 Å². The Labute approximate surface area is 134 Å². The lowest BCUT2D eigenvalue weighted by atomic mass is 10.1. The van der Waals surface area contributed by atoms with Crippen LogP contribution in [-0.2, 0) is 4.74 Å². The molecule has 0 atom stereocenters. The molecule has 3 rings (SSSR count). The number of halogens is 1. The second kappa shape index (κ2) is 6.36. The smallest absolute Gasteiger partial charge is 0.339 e. The monoisotopic (exact) mass is 316 g/mol. The molecule has 1 aromatic heterocycles. The minimum atomic E-state index is -0.392. The second-order valence-electron chi connectivity index (χ2n) is 5.44. The number of hydrogen-bond donors (Lipinski definition) is 1. The van der Waals surface area contributed by atoms with Gasteiger partial charge in [-0.15, -0.1) is 0 Å². The summed E-state index contributed by atoms with van der Waals surface area (Å²) in [7, 11) is 1.35. The van der Waals surface area contributed by atoms with Crippen molar-refractivity contribution < 1.29 is 9.53 Å². The zero-order valence-electron chi connectivity index (χ0n) is 12.3. The first kappa shape index (κ1) is 14.9. The van der Waals surface area contributed by atoms with Crippen molar-refractivity contribution in [3.8, 4) is 11.3 Å². The van der Waals surface area contributed by atoms with Crippen LogP contribution in [0, 0.1) is 5.92 Å². The number of hydrogen-bond acceptors (Lipinski definition) is 4. The highest BCUT2D eigenvalue weighted by Crippen LogP contribution is 2.32. The Kier molecular flexibility index (Phi) is 4.29. The Morgan fingerprint density at radius 1 is 1.36 bits per heavy atom. The molecule has 4 nitrogen and oxygen atoms in total. The number of nitrogens with zero attached hydrogens (tertiary/aromatic N) is 1. The summed E-state index contributed by atoms with van der Waals surface area (Å²) in [6.07, 6.45) is 4.12. The lowest BCUT2D eigenvalue weighted by Gasteiger charge is -2.09. The molecule has 0 unspecified atom stereocenters. The molecule has 1 fully saturated rings. The van der Waals surface area contributed by atoms with E-state index in [4.69, 9.17) is 11.6 Å². The highest BCUT2D eigenvalue weighted by Gasteiger charge is 2.20. The molecular formula is C17H17ClN2O2. The average Bonchev–Trinajstić information content (AvgIpc) is 3.37. The average molecular weight is 317 g/mol. The number of rotatable bonds is 5. The van der Waals surface area contributed by atoms with Crippen LogP contribution in [0.2, 0.25) is 5.02 Å². The van der Waals surface area contributed by atoms with Crippen molar-refractivity contribution in [3.63, 3.8) is 0 Å². The van der Waals surface area contributed by atoms with Crippen LogP contribution in [0.25, 0.3) is 11.3 Å². The number of benzene rings is 1. The van der Waals surface area contributed by atoms with E-state index in [2.05, 4.69) is 15.0 Å². The molecule has 5 heteroatoms. The maximum Gasteiger partial charge on any atom is 0.339 e. The van der Waals surface area contributed by atoms with Gasteiger partial charge in [-0.3, -0.25) is 4.98 Å². The fourth-order valence-electron chi connectivity index (χ4n) is 2.20. The highest BCUT2D eigenvalue weighted by molar-refractivity contribution is 6.33. The van der Waals surface area contributed by atoms with Gasteiger partial charge in [-0.05, 0) is 43.0 Å². The van der Waals surface area contributed by atoms with Crippen molar-refractivity contribution in [2.75, 3.05) is 19.0 Å². The van der Waals surface area contributed by atoms with Crippen molar-refractivity contribution in [1.29, 1.82) is 0 Å². The molecule has 0 amide bonds. The van der Waals surface area contributed by atoms with Gasteiger partial charge in [-0.25, -0.2) is 4.79 Å². The van der Waals surface area contributed by atoms with Gasteiger partial charge in [0.25, 0.3) is 0 Å². The molecule has 1 saturated carbocycles.